The van der Waals surface area contributed by atoms with Gasteiger partial charge in [-0.25, -0.2) is 8.37 Å². The Morgan fingerprint density at radius 2 is 0.824 bits per heavy atom. The monoisotopic (exact) mass is 745 g/mol. The second kappa shape index (κ2) is 36.6. The first kappa shape index (κ1) is 49.2. The number of aliphatic hydroxyl groups excluding tert-OH is 1. The number of unbranched alkanes of at least 4 members (excludes halogenated alkanes) is 22. The molecule has 51 heavy (non-hydrogen) atoms. The Morgan fingerprint density at radius 3 is 1.18 bits per heavy atom. The van der Waals surface area contributed by atoms with Gasteiger partial charge in [0.2, 0.25) is 11.8 Å². The van der Waals surface area contributed by atoms with Gasteiger partial charge < -0.3 is 20.8 Å². The molecule has 0 aromatic carbocycles. The predicted octanol–water partition coefficient (Wildman–Crippen LogP) is 9.21. The summed E-state index contributed by atoms with van der Waals surface area (Å²) in [6.07, 6.45) is 36.6. The second-order valence-corrected chi connectivity index (χ2v) is 15.1. The molecular formula is C40H76N2O8S. The molecule has 0 aromatic heterocycles. The first-order valence-electron chi connectivity index (χ1n) is 20.5. The predicted molar refractivity (Wildman–Crippen MR) is 208 cm³/mol. The van der Waals surface area contributed by atoms with E-state index < -0.39 is 36.1 Å². The van der Waals surface area contributed by atoms with Gasteiger partial charge in [0.05, 0.1) is 0 Å². The van der Waals surface area contributed by atoms with Crippen LogP contribution in [0.1, 0.15) is 194 Å². The van der Waals surface area contributed by atoms with E-state index in [4.69, 9.17) is 14.4 Å². The number of allylic oxidation sites excluding steroid dienone is 4. The zero-order valence-corrected chi connectivity index (χ0v) is 33.2. The summed E-state index contributed by atoms with van der Waals surface area (Å²) >= 11 is 0. The topological polar surface area (TPSA) is 151 Å². The normalized spacial score (nSPS) is 12.2. The molecule has 0 spiro atoms. The van der Waals surface area contributed by atoms with Crippen molar-refractivity contribution < 1.29 is 36.6 Å². The summed E-state index contributed by atoms with van der Waals surface area (Å²) in [7, 11) is -4.56. The first-order valence-corrected chi connectivity index (χ1v) is 21.8. The molecule has 0 aliphatic rings. The standard InChI is InChI=1S/C40H76N2O8S/c1-3-5-7-9-11-13-15-17-19-21-23-25-27-29-31-33-38(43)41-37(35-49-51(47,48)50-36-40(45)46)42-39(44)34-32-30-28-26-24-22-20-18-16-14-12-10-8-6-4-2/h17-20,37,40,45-46H,3-16,21-36H2,1-2H3,(H,41,43)(H,42,44)/b19-17-,20-18-. The minimum atomic E-state index is -4.56. The van der Waals surface area contributed by atoms with E-state index >= 15 is 0 Å². The molecule has 4 N–H and O–H groups in total. The minimum absolute atomic E-state index is 0.249. The van der Waals surface area contributed by atoms with Crippen molar-refractivity contribution in [3.8, 4) is 0 Å². The van der Waals surface area contributed by atoms with Gasteiger partial charge in [-0.05, 0) is 64.2 Å². The summed E-state index contributed by atoms with van der Waals surface area (Å²) in [4.78, 5) is 25.3. The summed E-state index contributed by atoms with van der Waals surface area (Å²) in [6.45, 7) is 3.00. The number of hydrogen-bond acceptors (Lipinski definition) is 8. The average Bonchev–Trinajstić information content (AvgIpc) is 3.09. The van der Waals surface area contributed by atoms with Crippen molar-refractivity contribution in [1.29, 1.82) is 0 Å². The van der Waals surface area contributed by atoms with Crippen molar-refractivity contribution in [1.82, 2.24) is 10.6 Å². The van der Waals surface area contributed by atoms with Crippen LogP contribution in [0.2, 0.25) is 0 Å². The van der Waals surface area contributed by atoms with Crippen LogP contribution in [0.4, 0.5) is 0 Å². The largest absolute Gasteiger partial charge is 0.400 e. The van der Waals surface area contributed by atoms with Gasteiger partial charge in [0.15, 0.2) is 6.29 Å². The summed E-state index contributed by atoms with van der Waals surface area (Å²) < 4.78 is 33.1. The Kier molecular flexibility index (Phi) is 35.3. The average molecular weight is 745 g/mol. The number of rotatable bonds is 38. The molecule has 0 rings (SSSR count). The fraction of sp³-hybridized carbons (Fsp3) is 0.850. The van der Waals surface area contributed by atoms with Gasteiger partial charge in [0.1, 0.15) is 19.4 Å². The molecule has 2 amide bonds. The van der Waals surface area contributed by atoms with E-state index in [1.165, 1.54) is 77.0 Å². The lowest BCUT2D eigenvalue weighted by atomic mass is 10.1. The summed E-state index contributed by atoms with van der Waals surface area (Å²) in [5.74, 6) is -0.627. The van der Waals surface area contributed by atoms with Gasteiger partial charge in [0.25, 0.3) is 0 Å². The lowest BCUT2D eigenvalue weighted by molar-refractivity contribution is -0.125. The molecule has 0 bridgehead atoms. The first-order chi connectivity index (χ1) is 24.7. The zero-order chi connectivity index (χ0) is 37.7. The van der Waals surface area contributed by atoms with Crippen LogP contribution in [-0.4, -0.2) is 56.1 Å². The Bertz CT molecular complexity index is 918. The molecule has 300 valence electrons. The number of carbonyl (C=O) groups excluding carboxylic acids is 2. The van der Waals surface area contributed by atoms with E-state index in [9.17, 15) is 18.0 Å². The highest BCUT2D eigenvalue weighted by atomic mass is 32.3. The molecule has 0 aliphatic carbocycles. The van der Waals surface area contributed by atoms with Crippen LogP contribution >= 0.6 is 0 Å². The number of aliphatic hydroxyl groups is 2. The van der Waals surface area contributed by atoms with E-state index in [2.05, 4.69) is 53.0 Å². The molecule has 0 radical (unpaired) electrons. The summed E-state index contributed by atoms with van der Waals surface area (Å²) in [5.41, 5.74) is 0. The molecule has 0 fully saturated rings. The summed E-state index contributed by atoms with van der Waals surface area (Å²) in [5, 5.41) is 23.1. The van der Waals surface area contributed by atoms with Crippen LogP contribution in [0, 0.1) is 0 Å². The molecule has 10 nitrogen and oxygen atoms in total. The van der Waals surface area contributed by atoms with E-state index in [1.807, 2.05) is 0 Å². The van der Waals surface area contributed by atoms with Crippen LogP contribution in [0.5, 0.6) is 0 Å². The lowest BCUT2D eigenvalue weighted by Crippen LogP contribution is -2.51. The van der Waals surface area contributed by atoms with Crippen LogP contribution < -0.4 is 10.6 Å². The highest BCUT2D eigenvalue weighted by Crippen LogP contribution is 2.12. The number of nitrogens with one attached hydrogen (secondary N) is 2. The van der Waals surface area contributed by atoms with Crippen molar-refractivity contribution in [3.05, 3.63) is 24.3 Å². The third-order valence-electron chi connectivity index (χ3n) is 8.74. The highest BCUT2D eigenvalue weighted by Gasteiger charge is 2.21. The van der Waals surface area contributed by atoms with Crippen LogP contribution in [0.15, 0.2) is 24.3 Å². The molecule has 0 atom stereocenters. The lowest BCUT2D eigenvalue weighted by Gasteiger charge is -2.20. The Morgan fingerprint density at radius 1 is 0.510 bits per heavy atom. The third kappa shape index (κ3) is 37.8. The molecule has 0 saturated heterocycles. The van der Waals surface area contributed by atoms with Gasteiger partial charge in [-0.1, -0.05) is 141 Å². The van der Waals surface area contributed by atoms with Crippen LogP contribution in [0.25, 0.3) is 0 Å². The molecule has 0 unspecified atom stereocenters. The fourth-order valence-corrected chi connectivity index (χ4v) is 6.35. The van der Waals surface area contributed by atoms with E-state index in [1.54, 1.807) is 0 Å². The second-order valence-electron chi connectivity index (χ2n) is 13.8. The van der Waals surface area contributed by atoms with Crippen molar-refractivity contribution in [3.63, 3.8) is 0 Å². The maximum atomic E-state index is 12.6. The Balaban J connectivity index is 4.30. The molecule has 0 heterocycles. The highest BCUT2D eigenvalue weighted by molar-refractivity contribution is 7.81. The molecule has 0 aromatic rings. The van der Waals surface area contributed by atoms with Gasteiger partial charge >= 0.3 is 10.4 Å². The zero-order valence-electron chi connectivity index (χ0n) is 32.4. The molecule has 11 heteroatoms. The minimum Gasteiger partial charge on any atom is -0.366 e. The molecular weight excluding hydrogens is 669 g/mol. The third-order valence-corrected chi connectivity index (χ3v) is 9.59. The quantitative estimate of drug-likeness (QED) is 0.0278. The van der Waals surface area contributed by atoms with Crippen molar-refractivity contribution in [2.75, 3.05) is 13.2 Å². The van der Waals surface area contributed by atoms with Crippen molar-refractivity contribution in [2.24, 2.45) is 0 Å². The SMILES string of the molecule is CCCCCCCC/C=C\CCCCCCCC(=O)NC(COS(=O)(=O)OCC(O)O)NC(=O)CCCCCCC/C=C\CCCCCCCC. The molecule has 0 aliphatic heterocycles. The van der Waals surface area contributed by atoms with Gasteiger partial charge in [-0.3, -0.25) is 9.59 Å². The smallest absolute Gasteiger partial charge is 0.366 e. The van der Waals surface area contributed by atoms with Gasteiger partial charge in [-0.2, -0.15) is 8.42 Å². The number of carbonyl (C=O) groups is 2. The van der Waals surface area contributed by atoms with E-state index in [-0.39, 0.29) is 24.7 Å². The van der Waals surface area contributed by atoms with Gasteiger partial charge in [-0.15, -0.1) is 0 Å². The van der Waals surface area contributed by atoms with E-state index in [0.29, 0.717) is 12.8 Å². The fourth-order valence-electron chi connectivity index (χ4n) is 5.69. The number of hydrogen-bond donors (Lipinski definition) is 4. The summed E-state index contributed by atoms with van der Waals surface area (Å²) in [6, 6.07) is 0. The number of amides is 2. The van der Waals surface area contributed by atoms with Gasteiger partial charge in [0, 0.05) is 12.8 Å². The van der Waals surface area contributed by atoms with Crippen LogP contribution in [-0.2, 0) is 28.4 Å². The Labute approximate surface area is 312 Å². The van der Waals surface area contributed by atoms with Crippen molar-refractivity contribution >= 4 is 22.2 Å². The maximum absolute atomic E-state index is 12.6. The van der Waals surface area contributed by atoms with Crippen LogP contribution in [0.3, 0.4) is 0 Å². The van der Waals surface area contributed by atoms with Crippen molar-refractivity contribution in [2.45, 2.75) is 206 Å². The maximum Gasteiger partial charge on any atom is 0.400 e. The van der Waals surface area contributed by atoms with E-state index in [0.717, 1.165) is 77.0 Å². The molecule has 0 saturated carbocycles. The Hall–Kier alpha value is -1.79.